The lowest BCUT2D eigenvalue weighted by atomic mass is 10.0. The van der Waals surface area contributed by atoms with Crippen LogP contribution in [0.4, 0.5) is 5.82 Å². The first-order chi connectivity index (χ1) is 16.5. The SMILES string of the molecule is C=CC.COc1cc(OC)c(Cl)c(-c2nc3cnc(NC4COCCC4NC=O)cc3s2)c1Cl. The van der Waals surface area contributed by atoms with E-state index in [0.717, 1.165) is 11.1 Å². The molecule has 3 heterocycles. The number of hydrogen-bond acceptors (Lipinski definition) is 8. The molecule has 4 rings (SSSR count). The van der Waals surface area contributed by atoms with Crippen LogP contribution in [0.25, 0.3) is 20.8 Å². The number of ether oxygens (including phenoxy) is 3. The van der Waals surface area contributed by atoms with E-state index in [1.54, 1.807) is 18.3 Å². The van der Waals surface area contributed by atoms with Crippen molar-refractivity contribution in [1.82, 2.24) is 15.3 Å². The number of halogens is 2. The number of nitrogens with one attached hydrogen (secondary N) is 2. The Morgan fingerprint density at radius 3 is 2.50 bits per heavy atom. The molecule has 1 aliphatic rings. The lowest BCUT2D eigenvalue weighted by molar-refractivity contribution is -0.110. The smallest absolute Gasteiger partial charge is 0.207 e. The van der Waals surface area contributed by atoms with Gasteiger partial charge in [0.15, 0.2) is 0 Å². The van der Waals surface area contributed by atoms with Crippen LogP contribution in [0.1, 0.15) is 13.3 Å². The van der Waals surface area contributed by atoms with Gasteiger partial charge in [0.1, 0.15) is 27.8 Å². The minimum absolute atomic E-state index is 0.0253. The van der Waals surface area contributed by atoms with Crippen molar-refractivity contribution in [1.29, 1.82) is 0 Å². The lowest BCUT2D eigenvalue weighted by Gasteiger charge is -2.31. The van der Waals surface area contributed by atoms with Gasteiger partial charge in [0.2, 0.25) is 6.41 Å². The van der Waals surface area contributed by atoms with E-state index in [4.69, 9.17) is 37.4 Å². The normalized spacial score (nSPS) is 17.3. The summed E-state index contributed by atoms with van der Waals surface area (Å²) in [7, 11) is 3.06. The molecule has 3 aromatic rings. The van der Waals surface area contributed by atoms with Crippen LogP contribution in [-0.4, -0.2) is 55.9 Å². The van der Waals surface area contributed by atoms with E-state index in [1.165, 1.54) is 25.6 Å². The highest BCUT2D eigenvalue weighted by Crippen LogP contribution is 2.47. The van der Waals surface area contributed by atoms with Gasteiger partial charge in [-0.2, -0.15) is 0 Å². The fourth-order valence-corrected chi connectivity index (χ4v) is 5.27. The molecule has 2 aromatic heterocycles. The standard InChI is InChI=1S/C20H20Cl2N4O4S.C3H6/c1-28-13-5-14(29-2)19(22)17(18(13)21)20-26-11-7-23-16(6-15(11)31-20)25-12-8-30-4-3-10(12)24-9-27;1-3-2/h5-7,9-10,12H,3-4,8H2,1-2H3,(H,23,25)(H,24,27);3H,1H2,2H3. The Bertz CT molecular complexity index is 1130. The van der Waals surface area contributed by atoms with Crippen LogP contribution in [0.5, 0.6) is 11.5 Å². The molecule has 1 amide bonds. The van der Waals surface area contributed by atoms with Gasteiger partial charge < -0.3 is 24.8 Å². The Hall–Kier alpha value is -2.59. The Balaban J connectivity index is 0.00000103. The fraction of sp³-hybridized carbons (Fsp3) is 0.348. The molecule has 0 radical (unpaired) electrons. The van der Waals surface area contributed by atoms with E-state index in [-0.39, 0.29) is 12.1 Å². The number of carbonyl (C=O) groups is 1. The third-order valence-electron chi connectivity index (χ3n) is 5.03. The summed E-state index contributed by atoms with van der Waals surface area (Å²) in [6, 6.07) is 3.44. The fourth-order valence-electron chi connectivity index (χ4n) is 3.45. The number of hydrogen-bond donors (Lipinski definition) is 2. The van der Waals surface area contributed by atoms with Gasteiger partial charge in [-0.15, -0.1) is 17.9 Å². The third-order valence-corrected chi connectivity index (χ3v) is 6.82. The van der Waals surface area contributed by atoms with Gasteiger partial charge in [0.05, 0.1) is 59.4 Å². The Morgan fingerprint density at radius 1 is 1.21 bits per heavy atom. The van der Waals surface area contributed by atoms with E-state index in [0.29, 0.717) is 63.1 Å². The topological polar surface area (TPSA) is 94.6 Å². The number of aromatic nitrogens is 2. The first kappa shape index (κ1) is 26.0. The van der Waals surface area contributed by atoms with Crippen molar-refractivity contribution in [3.05, 3.63) is 41.0 Å². The van der Waals surface area contributed by atoms with Crippen LogP contribution in [-0.2, 0) is 9.53 Å². The van der Waals surface area contributed by atoms with Gasteiger partial charge in [0, 0.05) is 12.7 Å². The van der Waals surface area contributed by atoms with E-state index in [9.17, 15) is 4.79 Å². The van der Waals surface area contributed by atoms with E-state index >= 15 is 0 Å². The summed E-state index contributed by atoms with van der Waals surface area (Å²) in [5, 5.41) is 7.53. The molecular weight excluding hydrogens is 499 g/mol. The minimum atomic E-state index is -0.0807. The summed E-state index contributed by atoms with van der Waals surface area (Å²) in [6.45, 7) is 6.34. The molecule has 1 saturated heterocycles. The lowest BCUT2D eigenvalue weighted by Crippen LogP contribution is -2.50. The van der Waals surface area contributed by atoms with Crippen molar-refractivity contribution in [2.75, 3.05) is 32.8 Å². The molecule has 2 unspecified atom stereocenters. The molecule has 1 aliphatic heterocycles. The first-order valence-electron chi connectivity index (χ1n) is 10.4. The summed E-state index contributed by atoms with van der Waals surface area (Å²) in [5.41, 5.74) is 1.26. The Labute approximate surface area is 212 Å². The van der Waals surface area contributed by atoms with Crippen molar-refractivity contribution < 1.29 is 19.0 Å². The van der Waals surface area contributed by atoms with E-state index in [2.05, 4.69) is 27.2 Å². The number of carbonyl (C=O) groups excluding carboxylic acids is 1. The van der Waals surface area contributed by atoms with E-state index < -0.39 is 0 Å². The first-order valence-corrected chi connectivity index (χ1v) is 12.0. The Morgan fingerprint density at radius 2 is 1.88 bits per heavy atom. The van der Waals surface area contributed by atoms with Gasteiger partial charge in [-0.05, 0) is 19.4 Å². The van der Waals surface area contributed by atoms with Crippen LogP contribution in [0, 0.1) is 0 Å². The summed E-state index contributed by atoms with van der Waals surface area (Å²) in [4.78, 5) is 20.0. The quantitative estimate of drug-likeness (QED) is 0.324. The number of amides is 1. The zero-order valence-corrected chi connectivity index (χ0v) is 21.4. The number of fused-ring (bicyclic) bond motifs is 1. The van der Waals surface area contributed by atoms with Crippen molar-refractivity contribution in [3.63, 3.8) is 0 Å². The highest BCUT2D eigenvalue weighted by molar-refractivity contribution is 7.21. The van der Waals surface area contributed by atoms with Crippen LogP contribution >= 0.6 is 34.5 Å². The maximum Gasteiger partial charge on any atom is 0.207 e. The van der Waals surface area contributed by atoms with Gasteiger partial charge in [0.25, 0.3) is 0 Å². The van der Waals surface area contributed by atoms with Gasteiger partial charge in [-0.25, -0.2) is 9.97 Å². The molecule has 1 fully saturated rings. The van der Waals surface area contributed by atoms with Crippen LogP contribution in [0.3, 0.4) is 0 Å². The zero-order chi connectivity index (χ0) is 24.7. The second-order valence-electron chi connectivity index (χ2n) is 7.25. The van der Waals surface area contributed by atoms with Crippen LogP contribution in [0.15, 0.2) is 31.0 Å². The number of rotatable bonds is 7. The maximum atomic E-state index is 10.9. The molecular formula is C23H26Cl2N4O4S. The third kappa shape index (κ3) is 5.72. The van der Waals surface area contributed by atoms with Crippen molar-refractivity contribution in [2.45, 2.75) is 25.4 Å². The van der Waals surface area contributed by atoms with Crippen LogP contribution < -0.4 is 20.1 Å². The summed E-state index contributed by atoms with van der Waals surface area (Å²) >= 11 is 14.5. The molecule has 1 aromatic carbocycles. The molecule has 0 saturated carbocycles. The molecule has 2 atom stereocenters. The van der Waals surface area contributed by atoms with Crippen LogP contribution in [0.2, 0.25) is 10.0 Å². The molecule has 0 aliphatic carbocycles. The molecule has 0 bridgehead atoms. The maximum absolute atomic E-state index is 10.9. The largest absolute Gasteiger partial charge is 0.495 e. The van der Waals surface area contributed by atoms with Crippen molar-refractivity contribution in [2.24, 2.45) is 0 Å². The Kier molecular flexibility index (Phi) is 9.35. The molecule has 182 valence electrons. The highest BCUT2D eigenvalue weighted by atomic mass is 35.5. The highest BCUT2D eigenvalue weighted by Gasteiger charge is 2.26. The molecule has 0 spiro atoms. The second-order valence-corrected chi connectivity index (χ2v) is 9.04. The number of thiazole rings is 1. The summed E-state index contributed by atoms with van der Waals surface area (Å²) < 4.78 is 17.1. The number of benzene rings is 1. The number of pyridine rings is 1. The van der Waals surface area contributed by atoms with Gasteiger partial charge >= 0.3 is 0 Å². The molecule has 11 heteroatoms. The predicted octanol–water partition coefficient (Wildman–Crippen LogP) is 5.19. The average Bonchev–Trinajstić information content (AvgIpc) is 3.24. The van der Waals surface area contributed by atoms with Gasteiger partial charge in [-0.1, -0.05) is 29.3 Å². The molecule has 2 N–H and O–H groups in total. The molecule has 8 nitrogen and oxygen atoms in total. The second kappa shape index (κ2) is 12.2. The van der Waals surface area contributed by atoms with Gasteiger partial charge in [-0.3, -0.25) is 4.79 Å². The predicted molar refractivity (Wildman–Crippen MR) is 138 cm³/mol. The molecule has 34 heavy (non-hydrogen) atoms. The number of allylic oxidation sites excluding steroid dienone is 1. The van der Waals surface area contributed by atoms with Crippen molar-refractivity contribution in [3.8, 4) is 22.1 Å². The monoisotopic (exact) mass is 524 g/mol. The minimum Gasteiger partial charge on any atom is -0.495 e. The van der Waals surface area contributed by atoms with E-state index in [1.807, 2.05) is 13.0 Å². The average molecular weight is 525 g/mol. The number of methoxy groups -OCH3 is 2. The van der Waals surface area contributed by atoms with Crippen molar-refractivity contribution >= 4 is 57.0 Å². The number of nitrogens with zero attached hydrogens (tertiary/aromatic N) is 2. The summed E-state index contributed by atoms with van der Waals surface area (Å²) in [6.07, 6.45) is 4.88. The zero-order valence-electron chi connectivity index (χ0n) is 19.1. The summed E-state index contributed by atoms with van der Waals surface area (Å²) in [5.74, 6) is 1.56. The number of anilines is 1.